The van der Waals surface area contributed by atoms with E-state index in [2.05, 4.69) is 0 Å². The van der Waals surface area contributed by atoms with Crippen molar-refractivity contribution in [1.82, 2.24) is 0 Å². The maximum atomic E-state index is 5.64. The van der Waals surface area contributed by atoms with Crippen LogP contribution >= 0.6 is 0 Å². The van der Waals surface area contributed by atoms with Gasteiger partial charge in [-0.05, 0) is 12.3 Å². The molecule has 1 fully saturated rings. The molecule has 0 atom stereocenters. The van der Waals surface area contributed by atoms with Gasteiger partial charge in [-0.25, -0.2) is 0 Å². The highest BCUT2D eigenvalue weighted by Gasteiger charge is 2.13. The molecule has 0 aromatic rings. The van der Waals surface area contributed by atoms with Crippen LogP contribution in [0, 0.1) is 5.92 Å². The van der Waals surface area contributed by atoms with E-state index in [0.29, 0.717) is 0 Å². The monoisotopic (exact) mass is 154 g/mol. The highest BCUT2D eigenvalue weighted by Crippen LogP contribution is 2.27. The van der Waals surface area contributed by atoms with Gasteiger partial charge in [0.1, 0.15) is 0 Å². The summed E-state index contributed by atoms with van der Waals surface area (Å²) >= 11 is 0. The smallest absolute Gasteiger partial charge is 0.0241 e. The van der Waals surface area contributed by atoms with E-state index in [0.717, 1.165) is 18.0 Å². The molecule has 2 heteroatoms. The van der Waals surface area contributed by atoms with E-state index in [-0.39, 0.29) is 0 Å². The molecule has 0 aliphatic heterocycles. The van der Waals surface area contributed by atoms with Crippen LogP contribution in [0.15, 0.2) is 11.9 Å². The number of allylic oxidation sites excluding steroid dienone is 1. The summed E-state index contributed by atoms with van der Waals surface area (Å²) in [6.07, 6.45) is 9.39. The summed E-state index contributed by atoms with van der Waals surface area (Å²) in [5.74, 6) is 0.809. The van der Waals surface area contributed by atoms with Crippen LogP contribution < -0.4 is 11.5 Å². The van der Waals surface area contributed by atoms with Crippen molar-refractivity contribution in [2.24, 2.45) is 17.4 Å². The molecule has 0 unspecified atom stereocenters. The average molecular weight is 154 g/mol. The van der Waals surface area contributed by atoms with Gasteiger partial charge >= 0.3 is 0 Å². The minimum atomic E-state index is 0.809. The predicted octanol–water partition coefficient (Wildman–Crippen LogP) is 1.72. The molecule has 64 valence electrons. The summed E-state index contributed by atoms with van der Waals surface area (Å²) in [4.78, 5) is 0. The molecular formula is C9H18N2. The molecule has 0 amide bonds. The van der Waals surface area contributed by atoms with Crippen molar-refractivity contribution in [3.63, 3.8) is 0 Å². The lowest BCUT2D eigenvalue weighted by Gasteiger charge is -2.21. The zero-order chi connectivity index (χ0) is 8.10. The molecule has 1 aliphatic rings. The molecule has 0 aromatic heterocycles. The maximum Gasteiger partial charge on any atom is 0.0241 e. The van der Waals surface area contributed by atoms with E-state index in [1.807, 2.05) is 0 Å². The van der Waals surface area contributed by atoms with Crippen molar-refractivity contribution in [3.8, 4) is 0 Å². The van der Waals surface area contributed by atoms with Crippen molar-refractivity contribution in [3.05, 3.63) is 11.9 Å². The van der Waals surface area contributed by atoms with Gasteiger partial charge in [0.25, 0.3) is 0 Å². The van der Waals surface area contributed by atoms with Gasteiger partial charge in [-0.3, -0.25) is 0 Å². The van der Waals surface area contributed by atoms with Gasteiger partial charge in [-0.1, -0.05) is 32.1 Å². The molecule has 0 radical (unpaired) electrons. The second-order valence-corrected chi connectivity index (χ2v) is 3.45. The summed E-state index contributed by atoms with van der Waals surface area (Å²) in [6, 6.07) is 0. The van der Waals surface area contributed by atoms with Gasteiger partial charge in [0.15, 0.2) is 0 Å². The first-order valence-corrected chi connectivity index (χ1v) is 4.49. The van der Waals surface area contributed by atoms with E-state index in [4.69, 9.17) is 11.5 Å². The fourth-order valence-corrected chi connectivity index (χ4v) is 1.79. The first-order valence-electron chi connectivity index (χ1n) is 4.49. The van der Waals surface area contributed by atoms with Crippen molar-refractivity contribution < 1.29 is 0 Å². The Morgan fingerprint density at radius 1 is 1.27 bits per heavy atom. The largest absolute Gasteiger partial charge is 0.403 e. The molecule has 1 aliphatic carbocycles. The standard InChI is InChI=1S/C9H18N2/c10-7-9(11)6-8-4-2-1-3-5-8/h7-8H,1-6,10-11H2/b9-7-. The van der Waals surface area contributed by atoms with Crippen molar-refractivity contribution in [2.45, 2.75) is 38.5 Å². The van der Waals surface area contributed by atoms with E-state index < -0.39 is 0 Å². The lowest BCUT2D eigenvalue weighted by Crippen LogP contribution is -2.11. The van der Waals surface area contributed by atoms with Crippen LogP contribution in [0.25, 0.3) is 0 Å². The minimum absolute atomic E-state index is 0.809. The molecule has 0 heterocycles. The fourth-order valence-electron chi connectivity index (χ4n) is 1.79. The Labute approximate surface area is 68.6 Å². The molecule has 0 spiro atoms. The zero-order valence-corrected chi connectivity index (χ0v) is 7.05. The molecular weight excluding hydrogens is 136 g/mol. The van der Waals surface area contributed by atoms with Crippen LogP contribution in [0.1, 0.15) is 38.5 Å². The van der Waals surface area contributed by atoms with Gasteiger partial charge in [-0.2, -0.15) is 0 Å². The Hall–Kier alpha value is -0.660. The van der Waals surface area contributed by atoms with Crippen LogP contribution in [0.2, 0.25) is 0 Å². The summed E-state index contributed by atoms with van der Waals surface area (Å²) in [5.41, 5.74) is 11.8. The van der Waals surface area contributed by atoms with Gasteiger partial charge in [0, 0.05) is 11.9 Å². The maximum absolute atomic E-state index is 5.64. The minimum Gasteiger partial charge on any atom is -0.403 e. The SMILES string of the molecule is N/C=C(\N)CC1CCCCC1. The molecule has 0 aromatic carbocycles. The molecule has 1 saturated carbocycles. The third-order valence-electron chi connectivity index (χ3n) is 2.46. The van der Waals surface area contributed by atoms with Crippen molar-refractivity contribution >= 4 is 0 Å². The molecule has 2 nitrogen and oxygen atoms in total. The predicted molar refractivity (Wildman–Crippen MR) is 47.6 cm³/mol. The fraction of sp³-hybridized carbons (Fsp3) is 0.778. The lowest BCUT2D eigenvalue weighted by molar-refractivity contribution is 0.355. The van der Waals surface area contributed by atoms with Crippen LogP contribution in [0.4, 0.5) is 0 Å². The second kappa shape index (κ2) is 4.27. The third-order valence-corrected chi connectivity index (χ3v) is 2.46. The lowest BCUT2D eigenvalue weighted by atomic mass is 9.86. The average Bonchev–Trinajstić information content (AvgIpc) is 2.06. The second-order valence-electron chi connectivity index (χ2n) is 3.45. The summed E-state index contributed by atoms with van der Waals surface area (Å²) in [6.45, 7) is 0. The Kier molecular flexibility index (Phi) is 3.27. The number of rotatable bonds is 2. The number of nitrogens with two attached hydrogens (primary N) is 2. The van der Waals surface area contributed by atoms with E-state index in [1.54, 1.807) is 0 Å². The summed E-state index contributed by atoms with van der Waals surface area (Å²) < 4.78 is 0. The Balaban J connectivity index is 2.24. The normalized spacial score (nSPS) is 22.0. The number of hydrogen-bond acceptors (Lipinski definition) is 2. The van der Waals surface area contributed by atoms with E-state index >= 15 is 0 Å². The molecule has 11 heavy (non-hydrogen) atoms. The molecule has 1 rings (SSSR count). The summed E-state index contributed by atoms with van der Waals surface area (Å²) in [5, 5.41) is 0. The van der Waals surface area contributed by atoms with Gasteiger partial charge in [0.05, 0.1) is 0 Å². The van der Waals surface area contributed by atoms with Gasteiger partial charge in [-0.15, -0.1) is 0 Å². The van der Waals surface area contributed by atoms with Crippen molar-refractivity contribution in [2.75, 3.05) is 0 Å². The Morgan fingerprint density at radius 3 is 2.45 bits per heavy atom. The first-order chi connectivity index (χ1) is 5.33. The highest BCUT2D eigenvalue weighted by atomic mass is 14.6. The van der Waals surface area contributed by atoms with Crippen LogP contribution in [-0.4, -0.2) is 0 Å². The Bertz CT molecular complexity index is 134. The van der Waals surface area contributed by atoms with Crippen molar-refractivity contribution in [1.29, 1.82) is 0 Å². The number of hydrogen-bond donors (Lipinski definition) is 2. The van der Waals surface area contributed by atoms with Gasteiger partial charge < -0.3 is 11.5 Å². The van der Waals surface area contributed by atoms with Crippen LogP contribution in [0.5, 0.6) is 0 Å². The molecule has 4 N–H and O–H groups in total. The van der Waals surface area contributed by atoms with Crippen LogP contribution in [-0.2, 0) is 0 Å². The molecule has 0 bridgehead atoms. The van der Waals surface area contributed by atoms with Gasteiger partial charge in [0.2, 0.25) is 0 Å². The third kappa shape index (κ3) is 2.83. The molecule has 0 saturated heterocycles. The van der Waals surface area contributed by atoms with Crippen LogP contribution in [0.3, 0.4) is 0 Å². The van der Waals surface area contributed by atoms with E-state index in [1.165, 1.54) is 38.3 Å². The first kappa shape index (κ1) is 8.44. The topological polar surface area (TPSA) is 52.0 Å². The Morgan fingerprint density at radius 2 is 1.91 bits per heavy atom. The zero-order valence-electron chi connectivity index (χ0n) is 7.05. The quantitative estimate of drug-likeness (QED) is 0.636. The van der Waals surface area contributed by atoms with E-state index in [9.17, 15) is 0 Å². The highest BCUT2D eigenvalue weighted by molar-refractivity contribution is 4.94. The summed E-state index contributed by atoms with van der Waals surface area (Å²) in [7, 11) is 0.